The molecule has 5 nitrogen and oxygen atoms in total. The molecule has 1 amide bonds. The van der Waals surface area contributed by atoms with Crippen molar-refractivity contribution >= 4 is 21.6 Å². The normalized spacial score (nSPS) is 15.0. The maximum atomic E-state index is 12.3. The molecule has 23 heavy (non-hydrogen) atoms. The first-order valence-electron chi connectivity index (χ1n) is 8.24. The second-order valence-corrected chi connectivity index (χ2v) is 8.00. The lowest BCUT2D eigenvalue weighted by atomic mass is 10.0. The summed E-state index contributed by atoms with van der Waals surface area (Å²) < 4.78 is 25.0. The molecule has 1 aromatic rings. The molecule has 0 radical (unpaired) electrons. The maximum Gasteiger partial charge on any atom is 0.225 e. The lowest BCUT2D eigenvalue weighted by Gasteiger charge is -2.19. The molecule has 0 bridgehead atoms. The number of hydrogen-bond donors (Lipinski definition) is 1. The third kappa shape index (κ3) is 4.78. The molecule has 1 N–H and O–H groups in total. The first-order valence-corrected chi connectivity index (χ1v) is 10.1. The standard InChI is InChI=1S/C17H26N2O3S/c1-4-13-7-6-8-14(5-2)17(13)18-16(20)11-12-19(15-9-10-15)23(3,21)22/h6-8,15H,4-5,9-12H2,1-3H3,(H,18,20). The van der Waals surface area contributed by atoms with Crippen molar-refractivity contribution in [2.24, 2.45) is 0 Å². The number of aryl methyl sites for hydroxylation is 2. The Labute approximate surface area is 139 Å². The summed E-state index contributed by atoms with van der Waals surface area (Å²) in [6.07, 6.45) is 4.89. The van der Waals surface area contributed by atoms with Gasteiger partial charge in [-0.1, -0.05) is 32.0 Å². The molecule has 1 aliphatic carbocycles. The van der Waals surface area contributed by atoms with Gasteiger partial charge in [0.05, 0.1) is 6.26 Å². The highest BCUT2D eigenvalue weighted by Gasteiger charge is 2.34. The van der Waals surface area contributed by atoms with Crippen molar-refractivity contribution in [2.45, 2.75) is 52.0 Å². The molecule has 0 heterocycles. The Morgan fingerprint density at radius 1 is 1.22 bits per heavy atom. The Kier molecular flexibility index (Phi) is 5.81. The Balaban J connectivity index is 2.02. The maximum absolute atomic E-state index is 12.3. The fourth-order valence-corrected chi connectivity index (χ4v) is 3.97. The largest absolute Gasteiger partial charge is 0.326 e. The quantitative estimate of drug-likeness (QED) is 0.792. The van der Waals surface area contributed by atoms with E-state index in [0.717, 1.165) is 42.5 Å². The molecule has 0 aromatic heterocycles. The van der Waals surface area contributed by atoms with Gasteiger partial charge >= 0.3 is 0 Å². The number of hydrogen-bond acceptors (Lipinski definition) is 3. The second kappa shape index (κ2) is 7.45. The smallest absolute Gasteiger partial charge is 0.225 e. The lowest BCUT2D eigenvalue weighted by Crippen LogP contribution is -2.34. The minimum Gasteiger partial charge on any atom is -0.326 e. The lowest BCUT2D eigenvalue weighted by molar-refractivity contribution is -0.116. The van der Waals surface area contributed by atoms with Gasteiger partial charge in [-0.25, -0.2) is 8.42 Å². The van der Waals surface area contributed by atoms with Gasteiger partial charge in [0.1, 0.15) is 0 Å². The fourth-order valence-electron chi connectivity index (χ4n) is 2.80. The second-order valence-electron chi connectivity index (χ2n) is 6.06. The van der Waals surface area contributed by atoms with Gasteiger partial charge in [-0.2, -0.15) is 4.31 Å². The number of nitrogens with zero attached hydrogens (tertiary/aromatic N) is 1. The van der Waals surface area contributed by atoms with E-state index in [1.165, 1.54) is 10.6 Å². The molecule has 0 atom stereocenters. The van der Waals surface area contributed by atoms with Crippen molar-refractivity contribution in [3.05, 3.63) is 29.3 Å². The molecule has 0 saturated heterocycles. The van der Waals surface area contributed by atoms with E-state index in [4.69, 9.17) is 0 Å². The van der Waals surface area contributed by atoms with Crippen molar-refractivity contribution in [3.63, 3.8) is 0 Å². The van der Waals surface area contributed by atoms with Gasteiger partial charge < -0.3 is 5.32 Å². The van der Waals surface area contributed by atoms with Crippen LogP contribution in [0.15, 0.2) is 18.2 Å². The predicted octanol–water partition coefficient (Wildman–Crippen LogP) is 2.56. The third-order valence-corrected chi connectivity index (χ3v) is 5.54. The van der Waals surface area contributed by atoms with Crippen LogP contribution in [0, 0.1) is 0 Å². The Bertz CT molecular complexity index is 644. The molecule has 1 fully saturated rings. The molecular weight excluding hydrogens is 312 g/mol. The third-order valence-electron chi connectivity index (χ3n) is 4.20. The number of para-hydroxylation sites is 1. The molecule has 6 heteroatoms. The van der Waals surface area contributed by atoms with Gasteiger partial charge in [0.2, 0.25) is 15.9 Å². The van der Waals surface area contributed by atoms with Gasteiger partial charge in [0.15, 0.2) is 0 Å². The minimum atomic E-state index is -3.24. The minimum absolute atomic E-state index is 0.0898. The number of carbonyl (C=O) groups excluding carboxylic acids is 1. The number of carbonyl (C=O) groups is 1. The summed E-state index contributed by atoms with van der Waals surface area (Å²) in [4.78, 5) is 12.3. The van der Waals surface area contributed by atoms with E-state index >= 15 is 0 Å². The Hall–Kier alpha value is -1.40. The van der Waals surface area contributed by atoms with Gasteiger partial charge in [-0.15, -0.1) is 0 Å². The number of rotatable bonds is 8. The van der Waals surface area contributed by atoms with Crippen LogP contribution in [0.4, 0.5) is 5.69 Å². The van der Waals surface area contributed by atoms with Crippen LogP contribution in [0.3, 0.4) is 0 Å². The fraction of sp³-hybridized carbons (Fsp3) is 0.588. The van der Waals surface area contributed by atoms with E-state index in [1.54, 1.807) is 0 Å². The molecule has 0 aliphatic heterocycles. The molecule has 0 spiro atoms. The van der Waals surface area contributed by atoms with E-state index in [1.807, 2.05) is 18.2 Å². The van der Waals surface area contributed by atoms with E-state index in [-0.39, 0.29) is 24.9 Å². The summed E-state index contributed by atoms with van der Waals surface area (Å²) in [7, 11) is -3.24. The highest BCUT2D eigenvalue weighted by Crippen LogP contribution is 2.29. The summed E-state index contributed by atoms with van der Waals surface area (Å²) in [6.45, 7) is 4.37. The van der Waals surface area contributed by atoms with Crippen LogP contribution in [0.5, 0.6) is 0 Å². The van der Waals surface area contributed by atoms with Crippen LogP contribution in [-0.2, 0) is 27.7 Å². The summed E-state index contributed by atoms with van der Waals surface area (Å²) in [6, 6.07) is 6.13. The molecule has 128 valence electrons. The van der Waals surface area contributed by atoms with Crippen LogP contribution in [0.2, 0.25) is 0 Å². The average Bonchev–Trinajstić information content (AvgIpc) is 3.31. The summed E-state index contributed by atoms with van der Waals surface area (Å²) >= 11 is 0. The zero-order valence-electron chi connectivity index (χ0n) is 14.1. The van der Waals surface area contributed by atoms with E-state index in [0.29, 0.717) is 0 Å². The zero-order valence-corrected chi connectivity index (χ0v) is 14.9. The Morgan fingerprint density at radius 3 is 2.22 bits per heavy atom. The van der Waals surface area contributed by atoms with Crippen LogP contribution in [0.1, 0.15) is 44.2 Å². The molecule has 1 aliphatic rings. The number of amides is 1. The molecule has 1 saturated carbocycles. The Morgan fingerprint density at radius 2 is 1.78 bits per heavy atom. The first-order chi connectivity index (χ1) is 10.9. The molecule has 1 aromatic carbocycles. The average molecular weight is 338 g/mol. The summed E-state index contributed by atoms with van der Waals surface area (Å²) in [5.41, 5.74) is 3.11. The molecular formula is C17H26N2O3S. The van der Waals surface area contributed by atoms with Crippen LogP contribution in [0.25, 0.3) is 0 Å². The molecule has 0 unspecified atom stereocenters. The number of sulfonamides is 1. The van der Waals surface area contributed by atoms with Gasteiger partial charge in [-0.3, -0.25) is 4.79 Å². The van der Waals surface area contributed by atoms with Crippen LogP contribution in [-0.4, -0.2) is 37.5 Å². The van der Waals surface area contributed by atoms with E-state index in [2.05, 4.69) is 19.2 Å². The van der Waals surface area contributed by atoms with Gasteiger partial charge in [-0.05, 0) is 36.8 Å². The number of nitrogens with one attached hydrogen (secondary N) is 1. The summed E-state index contributed by atoms with van der Waals surface area (Å²) in [5, 5.41) is 2.99. The number of anilines is 1. The number of benzene rings is 1. The highest BCUT2D eigenvalue weighted by molar-refractivity contribution is 7.88. The molecule has 2 rings (SSSR count). The van der Waals surface area contributed by atoms with Crippen LogP contribution < -0.4 is 5.32 Å². The topological polar surface area (TPSA) is 66.5 Å². The van der Waals surface area contributed by atoms with Crippen molar-refractivity contribution in [2.75, 3.05) is 18.1 Å². The van der Waals surface area contributed by atoms with Crippen LogP contribution >= 0.6 is 0 Å². The van der Waals surface area contributed by atoms with E-state index in [9.17, 15) is 13.2 Å². The monoisotopic (exact) mass is 338 g/mol. The van der Waals surface area contributed by atoms with Gasteiger partial charge in [0.25, 0.3) is 0 Å². The summed E-state index contributed by atoms with van der Waals surface area (Å²) in [5.74, 6) is -0.130. The van der Waals surface area contributed by atoms with Crippen molar-refractivity contribution in [1.29, 1.82) is 0 Å². The van der Waals surface area contributed by atoms with Crippen molar-refractivity contribution in [1.82, 2.24) is 4.31 Å². The van der Waals surface area contributed by atoms with Crippen molar-refractivity contribution < 1.29 is 13.2 Å². The van der Waals surface area contributed by atoms with Crippen molar-refractivity contribution in [3.8, 4) is 0 Å². The predicted molar refractivity (Wildman–Crippen MR) is 93.0 cm³/mol. The zero-order chi connectivity index (χ0) is 17.0. The van der Waals surface area contributed by atoms with Gasteiger partial charge in [0, 0.05) is 24.7 Å². The first kappa shape index (κ1) is 17.9. The SMILES string of the molecule is CCc1cccc(CC)c1NC(=O)CCN(C1CC1)S(C)(=O)=O. The van der Waals surface area contributed by atoms with E-state index < -0.39 is 10.0 Å². The highest BCUT2D eigenvalue weighted by atomic mass is 32.2.